The Labute approximate surface area is 217 Å². The number of nitrogens with one attached hydrogen (secondary N) is 1. The Balaban J connectivity index is 1.22. The first-order valence-electron chi connectivity index (χ1n) is 12.1. The fourth-order valence-corrected chi connectivity index (χ4v) is 5.54. The van der Waals surface area contributed by atoms with Crippen molar-refractivity contribution >= 4 is 35.0 Å². The van der Waals surface area contributed by atoms with Gasteiger partial charge in [0.25, 0.3) is 5.91 Å². The van der Waals surface area contributed by atoms with Crippen LogP contribution in [-0.2, 0) is 16.9 Å². The SMILES string of the molecule is CN1CCOc2cc(Cn3cc(C(=O)N4CCC[C@@]5(C4)OC(=O)Nc4ccc(Cl)c(F)c45)cn3)ccc21. The van der Waals surface area contributed by atoms with Crippen LogP contribution in [0.5, 0.6) is 5.75 Å². The first kappa shape index (κ1) is 23.6. The number of hydrogen-bond donors (Lipinski definition) is 1. The number of likely N-dealkylation sites (tertiary alicyclic amines) is 1. The van der Waals surface area contributed by atoms with Gasteiger partial charge in [-0.3, -0.25) is 14.8 Å². The van der Waals surface area contributed by atoms with Crippen molar-refractivity contribution < 1.29 is 23.5 Å². The lowest BCUT2D eigenvalue weighted by Gasteiger charge is -2.45. The summed E-state index contributed by atoms with van der Waals surface area (Å²) in [7, 11) is 2.03. The summed E-state index contributed by atoms with van der Waals surface area (Å²) in [6, 6.07) is 8.98. The molecule has 0 saturated carbocycles. The number of fused-ring (bicyclic) bond motifs is 3. The number of rotatable bonds is 3. The second-order valence-electron chi connectivity index (χ2n) is 9.62. The minimum absolute atomic E-state index is 0.0182. The maximum atomic E-state index is 15.1. The summed E-state index contributed by atoms with van der Waals surface area (Å²) in [4.78, 5) is 29.5. The van der Waals surface area contributed by atoms with E-state index in [1.165, 1.54) is 12.3 Å². The largest absolute Gasteiger partial charge is 0.490 e. The van der Waals surface area contributed by atoms with Gasteiger partial charge in [0.2, 0.25) is 0 Å². The van der Waals surface area contributed by atoms with E-state index in [9.17, 15) is 9.59 Å². The second-order valence-corrected chi connectivity index (χ2v) is 10.0. The van der Waals surface area contributed by atoms with Gasteiger partial charge in [0.15, 0.2) is 11.4 Å². The maximum absolute atomic E-state index is 15.1. The molecule has 192 valence electrons. The van der Waals surface area contributed by atoms with Crippen molar-refractivity contribution in [1.82, 2.24) is 14.7 Å². The second kappa shape index (κ2) is 8.95. The molecule has 1 spiro atoms. The Morgan fingerprint density at radius 1 is 1.27 bits per heavy atom. The fourth-order valence-electron chi connectivity index (χ4n) is 5.38. The predicted molar refractivity (Wildman–Crippen MR) is 135 cm³/mol. The third kappa shape index (κ3) is 4.15. The molecular formula is C26H25ClFN5O4. The zero-order chi connectivity index (χ0) is 25.7. The average Bonchev–Trinajstić information content (AvgIpc) is 3.34. The predicted octanol–water partition coefficient (Wildman–Crippen LogP) is 4.25. The smallest absolute Gasteiger partial charge is 0.412 e. The number of ether oxygens (including phenoxy) is 2. The molecule has 1 atom stereocenters. The zero-order valence-corrected chi connectivity index (χ0v) is 20.9. The number of hydrogen-bond acceptors (Lipinski definition) is 6. The molecule has 11 heteroatoms. The lowest BCUT2D eigenvalue weighted by Crippen LogP contribution is -2.53. The molecule has 1 fully saturated rings. The van der Waals surface area contributed by atoms with Crippen LogP contribution in [-0.4, -0.2) is 60.0 Å². The number of likely N-dealkylation sites (N-methyl/N-ethyl adjacent to an activating group) is 1. The number of piperidine rings is 1. The molecule has 37 heavy (non-hydrogen) atoms. The van der Waals surface area contributed by atoms with E-state index in [4.69, 9.17) is 21.1 Å². The highest BCUT2D eigenvalue weighted by atomic mass is 35.5. The van der Waals surface area contributed by atoms with E-state index in [-0.39, 0.29) is 23.0 Å². The van der Waals surface area contributed by atoms with Crippen molar-refractivity contribution in [1.29, 1.82) is 0 Å². The standard InChI is InChI=1S/C26H25ClFN5O4/c1-31-9-10-36-21-11-16(3-6-20(21)31)13-33-14-17(12-29-33)24(34)32-8-2-7-26(15-32)22-19(30-25(35)37-26)5-4-18(27)23(22)28/h3-6,11-12,14H,2,7-10,13,15H2,1H3,(H,30,35)/t26-/m0/s1. The van der Waals surface area contributed by atoms with E-state index < -0.39 is 17.5 Å². The number of halogens is 2. The van der Waals surface area contributed by atoms with Crippen LogP contribution in [0.4, 0.5) is 20.6 Å². The lowest BCUT2D eigenvalue weighted by molar-refractivity contribution is -0.0418. The fraction of sp³-hybridized carbons (Fsp3) is 0.346. The van der Waals surface area contributed by atoms with Crippen LogP contribution in [0.2, 0.25) is 5.02 Å². The number of carbonyl (C=O) groups excluding carboxylic acids is 2. The number of aromatic nitrogens is 2. The van der Waals surface area contributed by atoms with Crippen LogP contribution in [0.15, 0.2) is 42.7 Å². The van der Waals surface area contributed by atoms with Crippen LogP contribution in [0.1, 0.15) is 34.3 Å². The first-order chi connectivity index (χ1) is 17.8. The Kier molecular flexibility index (Phi) is 5.71. The molecule has 0 bridgehead atoms. The molecule has 0 aliphatic carbocycles. The van der Waals surface area contributed by atoms with E-state index >= 15 is 4.39 Å². The van der Waals surface area contributed by atoms with Crippen molar-refractivity contribution in [2.75, 3.05) is 43.5 Å². The molecule has 1 N–H and O–H groups in total. The van der Waals surface area contributed by atoms with Gasteiger partial charge in [0.1, 0.15) is 12.4 Å². The molecule has 4 heterocycles. The number of carbonyl (C=O) groups is 2. The van der Waals surface area contributed by atoms with Crippen LogP contribution in [0, 0.1) is 5.82 Å². The molecule has 0 radical (unpaired) electrons. The summed E-state index contributed by atoms with van der Waals surface area (Å²) in [5, 5.41) is 6.84. The molecule has 3 aliphatic heterocycles. The highest BCUT2D eigenvalue weighted by Gasteiger charge is 2.48. The van der Waals surface area contributed by atoms with Crippen molar-refractivity contribution in [3.05, 3.63) is 70.3 Å². The van der Waals surface area contributed by atoms with Gasteiger partial charge < -0.3 is 19.3 Å². The van der Waals surface area contributed by atoms with E-state index in [2.05, 4.69) is 15.3 Å². The van der Waals surface area contributed by atoms with E-state index in [0.29, 0.717) is 43.8 Å². The van der Waals surface area contributed by atoms with Gasteiger partial charge in [-0.25, -0.2) is 9.18 Å². The van der Waals surface area contributed by atoms with Crippen LogP contribution in [0.25, 0.3) is 0 Å². The van der Waals surface area contributed by atoms with Crippen LogP contribution < -0.4 is 15.0 Å². The molecule has 2 aromatic carbocycles. The van der Waals surface area contributed by atoms with Gasteiger partial charge in [0.05, 0.1) is 53.4 Å². The Morgan fingerprint density at radius 3 is 3.00 bits per heavy atom. The highest BCUT2D eigenvalue weighted by molar-refractivity contribution is 6.31. The van der Waals surface area contributed by atoms with E-state index in [1.54, 1.807) is 21.8 Å². The van der Waals surface area contributed by atoms with Crippen LogP contribution >= 0.6 is 11.6 Å². The third-order valence-electron chi connectivity index (χ3n) is 7.16. The first-order valence-corrected chi connectivity index (χ1v) is 12.5. The summed E-state index contributed by atoms with van der Waals surface area (Å²) >= 11 is 6.05. The summed E-state index contributed by atoms with van der Waals surface area (Å²) in [6.07, 6.45) is 3.43. The van der Waals surface area contributed by atoms with Crippen LogP contribution in [0.3, 0.4) is 0 Å². The van der Waals surface area contributed by atoms with Crippen molar-refractivity contribution in [2.24, 2.45) is 0 Å². The molecule has 9 nitrogen and oxygen atoms in total. The topological polar surface area (TPSA) is 88.9 Å². The van der Waals surface area contributed by atoms with Gasteiger partial charge in [0, 0.05) is 19.8 Å². The molecule has 3 aromatic rings. The third-order valence-corrected chi connectivity index (χ3v) is 7.45. The lowest BCUT2D eigenvalue weighted by atomic mass is 9.83. The number of benzene rings is 2. The molecule has 1 saturated heterocycles. The van der Waals surface area contributed by atoms with E-state index in [1.807, 2.05) is 25.2 Å². The highest BCUT2D eigenvalue weighted by Crippen LogP contribution is 2.45. The summed E-state index contributed by atoms with van der Waals surface area (Å²) in [5.74, 6) is -0.0849. The van der Waals surface area contributed by atoms with Crippen molar-refractivity contribution in [3.8, 4) is 5.75 Å². The van der Waals surface area contributed by atoms with Gasteiger partial charge in [-0.05, 0) is 42.7 Å². The Hall–Kier alpha value is -3.79. The molecule has 6 rings (SSSR count). The normalized spacial score (nSPS) is 20.6. The van der Waals surface area contributed by atoms with Gasteiger partial charge >= 0.3 is 6.09 Å². The number of amides is 2. The van der Waals surface area contributed by atoms with E-state index in [0.717, 1.165) is 23.5 Å². The molecule has 3 aliphatic rings. The summed E-state index contributed by atoms with van der Waals surface area (Å²) in [5.41, 5.74) is 1.61. The Bertz CT molecular complexity index is 1410. The molecule has 1 aromatic heterocycles. The van der Waals surface area contributed by atoms with Crippen molar-refractivity contribution in [3.63, 3.8) is 0 Å². The molecular weight excluding hydrogens is 501 g/mol. The summed E-state index contributed by atoms with van der Waals surface area (Å²) < 4.78 is 28.3. The summed E-state index contributed by atoms with van der Waals surface area (Å²) in [6.45, 7) is 2.42. The molecule has 0 unspecified atom stereocenters. The van der Waals surface area contributed by atoms with Gasteiger partial charge in [-0.15, -0.1) is 0 Å². The molecule has 2 amide bonds. The monoisotopic (exact) mass is 525 g/mol. The zero-order valence-electron chi connectivity index (χ0n) is 20.2. The average molecular weight is 526 g/mol. The maximum Gasteiger partial charge on any atom is 0.412 e. The quantitative estimate of drug-likeness (QED) is 0.550. The number of nitrogens with zero attached hydrogens (tertiary/aromatic N) is 4. The minimum atomic E-state index is -1.31. The number of anilines is 2. The van der Waals surface area contributed by atoms with Gasteiger partial charge in [-0.2, -0.15) is 5.10 Å². The van der Waals surface area contributed by atoms with Crippen molar-refractivity contribution in [2.45, 2.75) is 25.0 Å². The van der Waals surface area contributed by atoms with Gasteiger partial charge in [-0.1, -0.05) is 17.7 Å². The minimum Gasteiger partial charge on any atom is -0.490 e. The Morgan fingerprint density at radius 2 is 2.14 bits per heavy atom.